The van der Waals surface area contributed by atoms with Crippen molar-refractivity contribution in [1.82, 2.24) is 10.2 Å². The molecule has 1 spiro atoms. The molecule has 0 saturated carbocycles. The first kappa shape index (κ1) is 19.5. The Bertz CT molecular complexity index is 907. The Labute approximate surface area is 175 Å². The van der Waals surface area contributed by atoms with E-state index >= 15 is 0 Å². The number of Topliss-reactive ketones (excluding diaryl/α,β-unsaturated/α-hetero) is 1. The third-order valence-corrected chi connectivity index (χ3v) is 7.28. The smallest absolute Gasteiger partial charge is 0.230 e. The van der Waals surface area contributed by atoms with Crippen molar-refractivity contribution in [3.8, 4) is 0 Å². The van der Waals surface area contributed by atoms with E-state index < -0.39 is 35.6 Å². The summed E-state index contributed by atoms with van der Waals surface area (Å²) < 4.78 is 11.9. The van der Waals surface area contributed by atoms with Crippen LogP contribution in [0.1, 0.15) is 45.4 Å². The minimum absolute atomic E-state index is 0.0887. The number of furan rings is 1. The summed E-state index contributed by atoms with van der Waals surface area (Å²) in [5.74, 6) is -0.628. The van der Waals surface area contributed by atoms with Gasteiger partial charge in [-0.3, -0.25) is 14.4 Å². The monoisotopic (exact) mass is 412 g/mol. The lowest BCUT2D eigenvalue weighted by Crippen LogP contribution is -2.55. The fourth-order valence-electron chi connectivity index (χ4n) is 5.86. The van der Waals surface area contributed by atoms with Gasteiger partial charge in [-0.15, -0.1) is 0 Å². The summed E-state index contributed by atoms with van der Waals surface area (Å²) in [6, 6.07) is 2.68. The Balaban J connectivity index is 1.49. The fraction of sp³-hybridized carbons (Fsp3) is 0.609. The van der Waals surface area contributed by atoms with Gasteiger partial charge >= 0.3 is 0 Å². The molecule has 2 bridgehead atoms. The zero-order valence-corrected chi connectivity index (χ0v) is 17.5. The average molecular weight is 412 g/mol. The molecule has 4 aliphatic heterocycles. The van der Waals surface area contributed by atoms with Crippen LogP contribution in [0.4, 0.5) is 0 Å². The maximum absolute atomic E-state index is 13.7. The first-order chi connectivity index (χ1) is 14.3. The van der Waals surface area contributed by atoms with Gasteiger partial charge in [0.25, 0.3) is 0 Å². The molecule has 1 aromatic heterocycles. The van der Waals surface area contributed by atoms with Crippen LogP contribution in [0.2, 0.25) is 0 Å². The second-order valence-electron chi connectivity index (χ2n) is 9.45. The summed E-state index contributed by atoms with van der Waals surface area (Å²) in [6.07, 6.45) is 6.05. The summed E-state index contributed by atoms with van der Waals surface area (Å²) in [7, 11) is 0. The number of ether oxygens (including phenoxy) is 1. The van der Waals surface area contributed by atoms with Gasteiger partial charge < -0.3 is 19.4 Å². The lowest BCUT2D eigenvalue weighted by Gasteiger charge is -2.43. The second kappa shape index (κ2) is 6.80. The Morgan fingerprint density at radius 3 is 2.87 bits per heavy atom. The first-order valence-electron chi connectivity index (χ1n) is 10.9. The Morgan fingerprint density at radius 2 is 2.17 bits per heavy atom. The highest BCUT2D eigenvalue weighted by Crippen LogP contribution is 2.59. The Morgan fingerprint density at radius 1 is 1.37 bits per heavy atom. The molecule has 0 aliphatic carbocycles. The quantitative estimate of drug-likeness (QED) is 0.750. The zero-order valence-electron chi connectivity index (χ0n) is 17.5. The van der Waals surface area contributed by atoms with Crippen molar-refractivity contribution < 1.29 is 23.5 Å². The molecule has 3 fully saturated rings. The number of amides is 2. The minimum Gasteiger partial charge on any atom is -0.467 e. The number of carbonyl (C=O) groups excluding carboxylic acids is 3. The van der Waals surface area contributed by atoms with Gasteiger partial charge in [-0.05, 0) is 24.5 Å². The van der Waals surface area contributed by atoms with Gasteiger partial charge in [-0.1, -0.05) is 32.9 Å². The van der Waals surface area contributed by atoms with Crippen molar-refractivity contribution in [2.75, 3.05) is 6.54 Å². The third kappa shape index (κ3) is 2.57. The maximum Gasteiger partial charge on any atom is 0.230 e. The molecule has 1 N–H and O–H groups in total. The van der Waals surface area contributed by atoms with Crippen LogP contribution in [-0.4, -0.2) is 46.8 Å². The highest BCUT2D eigenvalue weighted by molar-refractivity contribution is 5.96. The highest BCUT2D eigenvalue weighted by Gasteiger charge is 2.74. The molecule has 7 heteroatoms. The molecule has 3 saturated heterocycles. The largest absolute Gasteiger partial charge is 0.467 e. The molecular formula is C23H28N2O5. The predicted molar refractivity (Wildman–Crippen MR) is 107 cm³/mol. The topological polar surface area (TPSA) is 88.9 Å². The molecule has 2 amide bonds. The molecule has 30 heavy (non-hydrogen) atoms. The predicted octanol–water partition coefficient (Wildman–Crippen LogP) is 2.24. The van der Waals surface area contributed by atoms with Crippen LogP contribution in [0.25, 0.3) is 0 Å². The number of piperidine rings is 1. The van der Waals surface area contributed by atoms with E-state index in [9.17, 15) is 14.4 Å². The molecule has 4 aliphatic rings. The van der Waals surface area contributed by atoms with Crippen LogP contribution < -0.4 is 5.32 Å². The summed E-state index contributed by atoms with van der Waals surface area (Å²) in [6.45, 7) is 6.66. The van der Waals surface area contributed by atoms with E-state index in [4.69, 9.17) is 9.15 Å². The van der Waals surface area contributed by atoms with Crippen molar-refractivity contribution in [1.29, 1.82) is 0 Å². The van der Waals surface area contributed by atoms with Gasteiger partial charge in [0.15, 0.2) is 0 Å². The SMILES string of the molecule is CC(C)CCNC(=O)[C@H]1[C@H]2C(=O)N3[C@H](c4ccco4)CC(=O)[C@@H](C)[C@@H]3[C@@]23C=C[C@H]1O3. The van der Waals surface area contributed by atoms with Crippen molar-refractivity contribution in [3.63, 3.8) is 0 Å². The number of rotatable bonds is 5. The number of carbonyl (C=O) groups is 3. The van der Waals surface area contributed by atoms with E-state index in [0.29, 0.717) is 18.2 Å². The zero-order chi connectivity index (χ0) is 21.2. The van der Waals surface area contributed by atoms with Crippen LogP contribution in [0, 0.1) is 23.7 Å². The summed E-state index contributed by atoms with van der Waals surface area (Å²) in [5.41, 5.74) is -0.928. The van der Waals surface area contributed by atoms with Gasteiger partial charge in [0, 0.05) is 18.9 Å². The number of nitrogens with one attached hydrogen (secondary N) is 1. The van der Waals surface area contributed by atoms with Crippen molar-refractivity contribution >= 4 is 17.6 Å². The number of hydrogen-bond acceptors (Lipinski definition) is 5. The fourth-order valence-corrected chi connectivity index (χ4v) is 5.86. The third-order valence-electron chi connectivity index (χ3n) is 7.28. The van der Waals surface area contributed by atoms with Crippen molar-refractivity contribution in [3.05, 3.63) is 36.3 Å². The molecular weight excluding hydrogens is 384 g/mol. The average Bonchev–Trinajstić information content (AvgIpc) is 3.46. The number of ketones is 1. The van der Waals surface area contributed by atoms with E-state index in [1.807, 2.05) is 19.1 Å². The van der Waals surface area contributed by atoms with Crippen LogP contribution >= 0.6 is 0 Å². The van der Waals surface area contributed by atoms with Crippen LogP contribution in [0.15, 0.2) is 35.0 Å². The number of hydrogen-bond donors (Lipinski definition) is 1. The molecule has 0 unspecified atom stereocenters. The van der Waals surface area contributed by atoms with Crippen molar-refractivity contribution in [2.45, 2.75) is 57.4 Å². The molecule has 1 aromatic rings. The molecule has 5 heterocycles. The van der Waals surface area contributed by atoms with E-state index in [2.05, 4.69) is 19.2 Å². The minimum atomic E-state index is -0.928. The van der Waals surface area contributed by atoms with E-state index in [1.165, 1.54) is 0 Å². The highest BCUT2D eigenvalue weighted by atomic mass is 16.5. The Kier molecular flexibility index (Phi) is 4.43. The second-order valence-corrected chi connectivity index (χ2v) is 9.45. The van der Waals surface area contributed by atoms with E-state index in [0.717, 1.165) is 6.42 Å². The summed E-state index contributed by atoms with van der Waals surface area (Å²) >= 11 is 0. The van der Waals surface area contributed by atoms with Crippen LogP contribution in [0.3, 0.4) is 0 Å². The normalized spacial score (nSPS) is 39.0. The lowest BCUT2D eigenvalue weighted by molar-refractivity contribution is -0.148. The van der Waals surface area contributed by atoms with Gasteiger partial charge in [0.05, 0.1) is 36.3 Å². The molecule has 7 nitrogen and oxygen atoms in total. The molecule has 0 radical (unpaired) electrons. The van der Waals surface area contributed by atoms with E-state index in [1.54, 1.807) is 23.3 Å². The first-order valence-corrected chi connectivity index (χ1v) is 10.9. The van der Waals surface area contributed by atoms with Gasteiger partial charge in [-0.2, -0.15) is 0 Å². The van der Waals surface area contributed by atoms with Crippen LogP contribution in [0.5, 0.6) is 0 Å². The van der Waals surface area contributed by atoms with Gasteiger partial charge in [0.1, 0.15) is 17.1 Å². The standard InChI is InChI=1S/C23H28N2O5/c1-12(2)7-9-24-21(27)18-17-6-8-23(30-17)19(18)22(28)25-14(16-5-4-10-29-16)11-15(26)13(3)20(23)25/h4-6,8,10,12-14,17-20H,7,9,11H2,1-3H3,(H,24,27)/t13-,14+,17-,18-,19+,20-,23-/m1/s1. The van der Waals surface area contributed by atoms with E-state index in [-0.39, 0.29) is 29.9 Å². The summed E-state index contributed by atoms with van der Waals surface area (Å²) in [5, 5.41) is 3.00. The van der Waals surface area contributed by atoms with Gasteiger partial charge in [0.2, 0.25) is 11.8 Å². The Hall–Kier alpha value is -2.41. The number of fused-ring (bicyclic) bond motifs is 2. The summed E-state index contributed by atoms with van der Waals surface area (Å²) in [4.78, 5) is 41.5. The van der Waals surface area contributed by atoms with Crippen LogP contribution in [-0.2, 0) is 19.1 Å². The molecule has 5 rings (SSSR count). The van der Waals surface area contributed by atoms with Gasteiger partial charge in [-0.25, -0.2) is 0 Å². The molecule has 0 aromatic carbocycles. The van der Waals surface area contributed by atoms with Crippen molar-refractivity contribution in [2.24, 2.45) is 23.7 Å². The molecule has 160 valence electrons. The lowest BCUT2D eigenvalue weighted by atomic mass is 9.70. The molecule has 7 atom stereocenters. The number of nitrogens with zero attached hydrogens (tertiary/aromatic N) is 1. The maximum atomic E-state index is 13.7.